The van der Waals surface area contributed by atoms with Crippen LogP contribution in [0.1, 0.15) is 64.2 Å². The summed E-state index contributed by atoms with van der Waals surface area (Å²) in [7, 11) is 0. The third-order valence-electron chi connectivity index (χ3n) is 9.38. The van der Waals surface area contributed by atoms with Gasteiger partial charge in [-0.2, -0.15) is 0 Å². The van der Waals surface area contributed by atoms with Crippen molar-refractivity contribution in [1.29, 1.82) is 0 Å². The van der Waals surface area contributed by atoms with Crippen LogP contribution in [0.25, 0.3) is 0 Å². The van der Waals surface area contributed by atoms with E-state index < -0.39 is 0 Å². The average Bonchev–Trinajstić information content (AvgIpc) is 3.86. The van der Waals surface area contributed by atoms with Gasteiger partial charge in [0.1, 0.15) is 26.4 Å². The zero-order valence-corrected chi connectivity index (χ0v) is 25.5. The highest BCUT2D eigenvalue weighted by molar-refractivity contribution is 5.85. The van der Waals surface area contributed by atoms with Gasteiger partial charge in [0.15, 0.2) is 0 Å². The third-order valence-corrected chi connectivity index (χ3v) is 9.38. The van der Waals surface area contributed by atoms with Crippen molar-refractivity contribution < 1.29 is 57.2 Å². The Balaban J connectivity index is 0.000000133. The van der Waals surface area contributed by atoms with Crippen molar-refractivity contribution in [1.82, 2.24) is 0 Å². The molecule has 6 unspecified atom stereocenters. The minimum Gasteiger partial charge on any atom is -0.466 e. The van der Waals surface area contributed by atoms with Crippen LogP contribution in [0.15, 0.2) is 24.3 Å². The quantitative estimate of drug-likeness (QED) is 0.219. The summed E-state index contributed by atoms with van der Waals surface area (Å²) in [5.74, 6) is -0.182. The average molecular weight is 631 g/mol. The molecule has 1 saturated heterocycles. The lowest BCUT2D eigenvalue weighted by atomic mass is 10.2. The molecule has 12 heteroatoms. The molecule has 0 aromatic heterocycles. The molecule has 0 aromatic rings. The zero-order valence-electron chi connectivity index (χ0n) is 25.5. The van der Waals surface area contributed by atoms with E-state index in [1.807, 2.05) is 0 Å². The molecule has 6 atom stereocenters. The van der Waals surface area contributed by atoms with Crippen LogP contribution in [0.4, 0.5) is 0 Å². The fourth-order valence-electron chi connectivity index (χ4n) is 6.13. The molecule has 0 aromatic carbocycles. The normalized spacial score (nSPS) is 37.2. The van der Waals surface area contributed by atoms with E-state index >= 15 is 0 Å². The van der Waals surface area contributed by atoms with Gasteiger partial charge in [-0.25, -0.2) is 0 Å². The van der Waals surface area contributed by atoms with Gasteiger partial charge in [-0.1, -0.05) is 0 Å². The van der Waals surface area contributed by atoms with Crippen molar-refractivity contribution in [2.45, 2.75) is 64.2 Å². The molecule has 3 heterocycles. The second-order valence-electron chi connectivity index (χ2n) is 12.6. The van der Waals surface area contributed by atoms with Crippen molar-refractivity contribution in [3.8, 4) is 0 Å². The van der Waals surface area contributed by atoms with Crippen molar-refractivity contribution in [3.05, 3.63) is 24.3 Å². The van der Waals surface area contributed by atoms with E-state index in [0.717, 1.165) is 51.4 Å². The molecule has 4 saturated carbocycles. The van der Waals surface area contributed by atoms with Gasteiger partial charge < -0.3 is 28.4 Å². The number of fused-ring (bicyclic) bond motifs is 2. The molecule has 0 N–H and O–H groups in total. The maximum atomic E-state index is 11.5. The summed E-state index contributed by atoms with van der Waals surface area (Å²) in [6.07, 6.45) is 14.0. The highest BCUT2D eigenvalue weighted by Crippen LogP contribution is 2.75. The van der Waals surface area contributed by atoms with Gasteiger partial charge in [-0.15, -0.1) is 0 Å². The smallest absolute Gasteiger partial charge is 0.309 e. The molecule has 1 spiro atoms. The van der Waals surface area contributed by atoms with Crippen LogP contribution in [-0.2, 0) is 57.2 Å². The third kappa shape index (κ3) is 9.40. The first kappa shape index (κ1) is 32.7. The monoisotopic (exact) mass is 630 g/mol. The van der Waals surface area contributed by atoms with Crippen molar-refractivity contribution in [2.24, 2.45) is 40.9 Å². The predicted molar refractivity (Wildman–Crippen MR) is 154 cm³/mol. The lowest BCUT2D eigenvalue weighted by Crippen LogP contribution is -2.13. The van der Waals surface area contributed by atoms with Gasteiger partial charge in [-0.05, 0) is 92.9 Å². The molecular formula is C33H42O12. The van der Waals surface area contributed by atoms with E-state index in [1.165, 1.54) is 0 Å². The Kier molecular flexibility index (Phi) is 10.9. The van der Waals surface area contributed by atoms with Gasteiger partial charge in [0.2, 0.25) is 0 Å². The fourth-order valence-corrected chi connectivity index (χ4v) is 6.13. The Hall–Kier alpha value is -3.70. The van der Waals surface area contributed by atoms with Crippen LogP contribution in [0, 0.1) is 40.9 Å². The van der Waals surface area contributed by atoms with Gasteiger partial charge in [0, 0.05) is 12.8 Å². The Morgan fingerprint density at radius 1 is 0.511 bits per heavy atom. The number of esters is 6. The summed E-state index contributed by atoms with van der Waals surface area (Å²) >= 11 is 0. The lowest BCUT2D eigenvalue weighted by Gasteiger charge is -2.08. The fraction of sp³-hybridized carbons (Fsp3) is 0.697. The van der Waals surface area contributed by atoms with Crippen LogP contribution < -0.4 is 0 Å². The second kappa shape index (κ2) is 15.1. The highest BCUT2D eigenvalue weighted by atomic mass is 16.6. The first-order valence-electron chi connectivity index (χ1n) is 16.1. The van der Waals surface area contributed by atoms with Gasteiger partial charge in [0.25, 0.3) is 0 Å². The highest BCUT2D eigenvalue weighted by Gasteiger charge is 2.76. The number of carbonyl (C=O) groups excluding carboxylic acids is 6. The Morgan fingerprint density at radius 2 is 0.933 bits per heavy atom. The number of hydrogen-bond acceptors (Lipinski definition) is 12. The maximum Gasteiger partial charge on any atom is 0.309 e. The largest absolute Gasteiger partial charge is 0.466 e. The van der Waals surface area contributed by atoms with Crippen molar-refractivity contribution in [3.63, 3.8) is 0 Å². The molecule has 246 valence electrons. The van der Waals surface area contributed by atoms with Gasteiger partial charge in [0.05, 0.1) is 36.9 Å². The van der Waals surface area contributed by atoms with Gasteiger partial charge >= 0.3 is 35.8 Å². The number of hydrogen-bond donors (Lipinski definition) is 0. The first-order valence-corrected chi connectivity index (χ1v) is 16.1. The summed E-state index contributed by atoms with van der Waals surface area (Å²) in [6.45, 7) is 2.02. The molecule has 45 heavy (non-hydrogen) atoms. The zero-order chi connectivity index (χ0) is 31.8. The molecule has 0 bridgehead atoms. The predicted octanol–water partition coefficient (Wildman–Crippen LogP) is 3.01. The standard InChI is InChI=1S/C11H12O4.C11H16O4.C11H14O4/c12-9-7-5-11(7)6-8(11)10(13)15-4-2-1-3-14-9;2*12-10-4-3-8-7-9(8)11(13)15-6-2-1-5-14-10/h1-2,7-8H,3-6H2;8-9H,1-7H2;1-2,8-9H,3-7H2/b2-1-;;2-1-. The van der Waals surface area contributed by atoms with Crippen molar-refractivity contribution >= 4 is 35.8 Å². The first-order chi connectivity index (χ1) is 21.8. The van der Waals surface area contributed by atoms with Crippen LogP contribution in [0.2, 0.25) is 0 Å². The molecule has 0 amide bonds. The minimum absolute atomic E-state index is 0.0191. The van der Waals surface area contributed by atoms with E-state index in [1.54, 1.807) is 24.3 Å². The SMILES string of the molecule is O=C1CCC2CC2C(=O)OC/C=C\CO1.O=C1CCC2CC2C(=O)OCCCCO1.O=C1OC/C=C\COC(=O)C2CC23CC13. The van der Waals surface area contributed by atoms with E-state index in [9.17, 15) is 28.8 Å². The summed E-state index contributed by atoms with van der Waals surface area (Å²) in [6, 6.07) is 0. The number of rotatable bonds is 0. The maximum absolute atomic E-state index is 11.5. The molecule has 7 aliphatic rings. The molecule has 0 radical (unpaired) electrons. The topological polar surface area (TPSA) is 158 Å². The molecule has 7 rings (SSSR count). The van der Waals surface area contributed by atoms with E-state index in [-0.39, 0.29) is 91.3 Å². The molecule has 5 fully saturated rings. The molecular weight excluding hydrogens is 588 g/mol. The van der Waals surface area contributed by atoms with E-state index in [4.69, 9.17) is 28.4 Å². The van der Waals surface area contributed by atoms with Crippen LogP contribution >= 0.6 is 0 Å². The van der Waals surface area contributed by atoms with Crippen LogP contribution in [0.5, 0.6) is 0 Å². The number of ether oxygens (including phenoxy) is 6. The Bertz CT molecular complexity index is 1170. The summed E-state index contributed by atoms with van der Waals surface area (Å²) in [5.41, 5.74) is -0.0709. The van der Waals surface area contributed by atoms with Crippen LogP contribution in [-0.4, -0.2) is 75.5 Å². The van der Waals surface area contributed by atoms with E-state index in [2.05, 4.69) is 0 Å². The Morgan fingerprint density at radius 3 is 1.47 bits per heavy atom. The minimum atomic E-state index is -0.181. The van der Waals surface area contributed by atoms with Gasteiger partial charge in [-0.3, -0.25) is 28.8 Å². The molecule has 3 aliphatic heterocycles. The number of cyclic esters (lactones) is 6. The van der Waals surface area contributed by atoms with Crippen molar-refractivity contribution in [2.75, 3.05) is 39.6 Å². The summed E-state index contributed by atoms with van der Waals surface area (Å²) < 4.78 is 30.2. The Labute approximate surface area is 262 Å². The molecule has 12 nitrogen and oxygen atoms in total. The second-order valence-corrected chi connectivity index (χ2v) is 12.6. The summed E-state index contributed by atoms with van der Waals surface area (Å²) in [4.78, 5) is 68.2. The lowest BCUT2D eigenvalue weighted by molar-refractivity contribution is -0.148. The van der Waals surface area contributed by atoms with E-state index in [0.29, 0.717) is 37.9 Å². The van der Waals surface area contributed by atoms with Crippen LogP contribution in [0.3, 0.4) is 0 Å². The molecule has 4 aliphatic carbocycles. The summed E-state index contributed by atoms with van der Waals surface area (Å²) in [5, 5.41) is 0. The number of carbonyl (C=O) groups is 6.